The molecule has 0 saturated heterocycles. The van der Waals surface area contributed by atoms with Crippen LogP contribution in [0.5, 0.6) is 0 Å². The molecule has 0 atom stereocenters. The van der Waals surface area contributed by atoms with E-state index in [1.165, 1.54) is 4.57 Å². The molecule has 3 aromatic heterocycles. The monoisotopic (exact) mass is 335 g/mol. The molecule has 0 N–H and O–H groups in total. The molecule has 0 aliphatic carbocycles. The van der Waals surface area contributed by atoms with Crippen molar-refractivity contribution in [2.24, 2.45) is 0 Å². The van der Waals surface area contributed by atoms with Crippen molar-refractivity contribution < 1.29 is 0 Å². The minimum absolute atomic E-state index is 0.0927. The lowest BCUT2D eigenvalue weighted by Gasteiger charge is -2.15. The van der Waals surface area contributed by atoms with E-state index in [9.17, 15) is 9.59 Å². The van der Waals surface area contributed by atoms with E-state index in [1.807, 2.05) is 39.8 Å². The molecule has 128 valence electrons. The van der Waals surface area contributed by atoms with Crippen LogP contribution in [0.15, 0.2) is 58.5 Å². The van der Waals surface area contributed by atoms with Gasteiger partial charge in [-0.2, -0.15) is 0 Å². The molecule has 0 unspecified atom stereocenters. The number of hydrogen-bond acceptors (Lipinski definition) is 3. The third kappa shape index (κ3) is 2.93. The summed E-state index contributed by atoms with van der Waals surface area (Å²) in [7, 11) is 0. The summed E-state index contributed by atoms with van der Waals surface area (Å²) >= 11 is 0. The Labute approximate surface area is 146 Å². The van der Waals surface area contributed by atoms with E-state index in [0.717, 1.165) is 16.9 Å². The first-order valence-electron chi connectivity index (χ1n) is 8.27. The minimum Gasteiger partial charge on any atom is -0.279 e. The summed E-state index contributed by atoms with van der Waals surface area (Å²) in [4.78, 5) is 30.0. The predicted octanol–water partition coefficient (Wildman–Crippen LogP) is 3.12. The van der Waals surface area contributed by atoms with E-state index in [-0.39, 0.29) is 17.0 Å². The molecular weight excluding hydrogens is 314 g/mol. The van der Waals surface area contributed by atoms with Gasteiger partial charge in [-0.1, -0.05) is 19.9 Å². The predicted molar refractivity (Wildman–Crippen MR) is 99.0 cm³/mol. The van der Waals surface area contributed by atoms with E-state index in [0.29, 0.717) is 11.3 Å². The molecule has 5 nitrogen and oxygen atoms in total. The minimum atomic E-state index is -0.225. The molecule has 5 heteroatoms. The van der Waals surface area contributed by atoms with Gasteiger partial charge in [0.05, 0.1) is 5.69 Å². The highest BCUT2D eigenvalue weighted by Crippen LogP contribution is 2.14. The second-order valence-electron chi connectivity index (χ2n) is 6.46. The van der Waals surface area contributed by atoms with Crippen LogP contribution in [0.4, 0.5) is 0 Å². The zero-order chi connectivity index (χ0) is 18.1. The molecule has 0 aromatic carbocycles. The number of nitrogens with zero attached hydrogens (tertiary/aromatic N) is 3. The lowest BCUT2D eigenvalue weighted by atomic mass is 10.1. The van der Waals surface area contributed by atoms with E-state index < -0.39 is 0 Å². The average Bonchev–Trinajstić information content (AvgIpc) is 2.57. The van der Waals surface area contributed by atoms with E-state index in [1.54, 1.807) is 41.4 Å². The fraction of sp³-hybridized carbons (Fsp3) is 0.250. The van der Waals surface area contributed by atoms with Gasteiger partial charge in [-0.15, -0.1) is 0 Å². The van der Waals surface area contributed by atoms with Crippen molar-refractivity contribution in [1.82, 2.24) is 14.1 Å². The number of hydrogen-bond donors (Lipinski definition) is 0. The summed E-state index contributed by atoms with van der Waals surface area (Å²) in [6.07, 6.45) is 5.02. The Hall–Kier alpha value is -2.95. The molecule has 0 saturated carbocycles. The lowest BCUT2D eigenvalue weighted by molar-refractivity contribution is 0.808. The van der Waals surface area contributed by atoms with Crippen molar-refractivity contribution in [3.05, 3.63) is 86.5 Å². The van der Waals surface area contributed by atoms with E-state index in [2.05, 4.69) is 4.98 Å². The van der Waals surface area contributed by atoms with Gasteiger partial charge in [0.15, 0.2) is 0 Å². The first-order valence-corrected chi connectivity index (χ1v) is 8.27. The SMILES string of the molecule is Cc1cnccc1-n1c(C)ccc(-n2cccc(C(C)C)c2=O)c1=O. The smallest absolute Gasteiger partial charge is 0.279 e. The summed E-state index contributed by atoms with van der Waals surface area (Å²) in [5, 5.41) is 0. The van der Waals surface area contributed by atoms with Gasteiger partial charge in [0.2, 0.25) is 0 Å². The van der Waals surface area contributed by atoms with Gasteiger partial charge in [-0.25, -0.2) is 0 Å². The molecular formula is C20H21N3O2. The van der Waals surface area contributed by atoms with Crippen molar-refractivity contribution in [3.63, 3.8) is 0 Å². The highest BCUT2D eigenvalue weighted by Gasteiger charge is 2.14. The van der Waals surface area contributed by atoms with Gasteiger partial charge in [0.1, 0.15) is 5.69 Å². The molecule has 0 aliphatic heterocycles. The van der Waals surface area contributed by atoms with Crippen molar-refractivity contribution in [3.8, 4) is 11.4 Å². The maximum absolute atomic E-state index is 13.2. The number of rotatable bonds is 3. The summed E-state index contributed by atoms with van der Waals surface area (Å²) in [5.74, 6) is 0.0927. The topological polar surface area (TPSA) is 56.9 Å². The third-order valence-corrected chi connectivity index (χ3v) is 4.35. The maximum Gasteiger partial charge on any atom is 0.279 e. The summed E-state index contributed by atoms with van der Waals surface area (Å²) in [6, 6.07) is 8.98. The molecule has 0 aliphatic rings. The van der Waals surface area contributed by atoms with Crippen LogP contribution < -0.4 is 11.1 Å². The molecule has 0 spiro atoms. The highest BCUT2D eigenvalue weighted by molar-refractivity contribution is 5.43. The van der Waals surface area contributed by atoms with Gasteiger partial charge < -0.3 is 0 Å². The molecule has 0 amide bonds. The third-order valence-electron chi connectivity index (χ3n) is 4.35. The maximum atomic E-state index is 13.2. The fourth-order valence-electron chi connectivity index (χ4n) is 2.96. The Morgan fingerprint density at radius 1 is 0.960 bits per heavy atom. The summed E-state index contributed by atoms with van der Waals surface area (Å²) < 4.78 is 3.06. The lowest BCUT2D eigenvalue weighted by Crippen LogP contribution is -2.31. The Bertz CT molecular complexity index is 1050. The Balaban J connectivity index is 2.30. The van der Waals surface area contributed by atoms with Gasteiger partial charge in [-0.05, 0) is 49.6 Å². The molecule has 3 aromatic rings. The van der Waals surface area contributed by atoms with Crippen LogP contribution in [0.25, 0.3) is 11.4 Å². The quantitative estimate of drug-likeness (QED) is 0.739. The molecule has 0 fully saturated rings. The van der Waals surface area contributed by atoms with Crippen LogP contribution in [0.2, 0.25) is 0 Å². The van der Waals surface area contributed by atoms with Crippen molar-refractivity contribution >= 4 is 0 Å². The van der Waals surface area contributed by atoms with Crippen molar-refractivity contribution in [1.29, 1.82) is 0 Å². The summed E-state index contributed by atoms with van der Waals surface area (Å²) in [6.45, 7) is 7.72. The number of aryl methyl sites for hydroxylation is 2. The normalized spacial score (nSPS) is 11.1. The van der Waals surface area contributed by atoms with Crippen molar-refractivity contribution in [2.45, 2.75) is 33.6 Å². The van der Waals surface area contributed by atoms with E-state index >= 15 is 0 Å². The number of pyridine rings is 3. The zero-order valence-electron chi connectivity index (χ0n) is 14.9. The molecule has 3 rings (SSSR count). The average molecular weight is 335 g/mol. The van der Waals surface area contributed by atoms with Gasteiger partial charge in [-0.3, -0.25) is 23.7 Å². The largest absolute Gasteiger partial charge is 0.279 e. The van der Waals surface area contributed by atoms with Gasteiger partial charge in [0, 0.05) is 29.8 Å². The van der Waals surface area contributed by atoms with Crippen molar-refractivity contribution in [2.75, 3.05) is 0 Å². The van der Waals surface area contributed by atoms with Crippen LogP contribution in [-0.2, 0) is 0 Å². The van der Waals surface area contributed by atoms with Crippen LogP contribution in [-0.4, -0.2) is 14.1 Å². The molecule has 0 radical (unpaired) electrons. The van der Waals surface area contributed by atoms with Crippen LogP contribution >= 0.6 is 0 Å². The second kappa shape index (κ2) is 6.51. The Morgan fingerprint density at radius 3 is 2.40 bits per heavy atom. The van der Waals surface area contributed by atoms with Gasteiger partial charge >= 0.3 is 0 Å². The first-order chi connectivity index (χ1) is 11.9. The Morgan fingerprint density at radius 2 is 1.72 bits per heavy atom. The molecule has 0 bridgehead atoms. The van der Waals surface area contributed by atoms with Crippen LogP contribution in [0.3, 0.4) is 0 Å². The van der Waals surface area contributed by atoms with E-state index in [4.69, 9.17) is 0 Å². The molecule has 3 heterocycles. The first kappa shape index (κ1) is 16.9. The summed E-state index contributed by atoms with van der Waals surface area (Å²) in [5.41, 5.74) is 3.12. The standard InChI is InChI=1S/C20H21N3O2/c1-13(2)16-6-5-11-22(19(16)24)18-8-7-15(4)23(20(18)25)17-9-10-21-12-14(17)3/h5-13H,1-4H3. The van der Waals surface area contributed by atoms with Gasteiger partial charge in [0.25, 0.3) is 11.1 Å². The zero-order valence-corrected chi connectivity index (χ0v) is 14.9. The van der Waals surface area contributed by atoms with Crippen LogP contribution in [0.1, 0.15) is 36.6 Å². The fourth-order valence-corrected chi connectivity index (χ4v) is 2.96. The van der Waals surface area contributed by atoms with Crippen LogP contribution in [0, 0.1) is 13.8 Å². The Kier molecular flexibility index (Phi) is 4.40. The molecule has 25 heavy (non-hydrogen) atoms. The number of aromatic nitrogens is 3. The second-order valence-corrected chi connectivity index (χ2v) is 6.46. The highest BCUT2D eigenvalue weighted by atomic mass is 16.1.